The molecule has 0 spiro atoms. The molecule has 3 aromatic carbocycles. The van der Waals surface area contributed by atoms with Gasteiger partial charge in [0, 0.05) is 30.2 Å². The minimum absolute atomic E-state index is 0.0741. The summed E-state index contributed by atoms with van der Waals surface area (Å²) in [6.45, 7) is 0.0440. The Labute approximate surface area is 214 Å². The van der Waals surface area contributed by atoms with Crippen LogP contribution < -0.4 is 30.7 Å². The van der Waals surface area contributed by atoms with Crippen molar-refractivity contribution >= 4 is 52.7 Å². The second kappa shape index (κ2) is 12.6. The van der Waals surface area contributed by atoms with E-state index in [1.807, 2.05) is 19.2 Å². The zero-order valence-electron chi connectivity index (χ0n) is 19.5. The quantitative estimate of drug-likeness (QED) is 0.107. The zero-order chi connectivity index (χ0) is 26.0. The Morgan fingerprint density at radius 2 is 1.42 bits per heavy atom. The maximum absolute atomic E-state index is 12.0. The third-order valence-corrected chi connectivity index (χ3v) is 7.54. The van der Waals surface area contributed by atoms with Gasteiger partial charge in [0.15, 0.2) is 0 Å². The molecule has 3 rings (SSSR count). The molecule has 1 unspecified atom stereocenters. The van der Waals surface area contributed by atoms with Crippen molar-refractivity contribution in [1.29, 1.82) is 0 Å². The van der Waals surface area contributed by atoms with E-state index in [0.717, 1.165) is 11.8 Å². The molecule has 0 aromatic heterocycles. The second-order valence-corrected chi connectivity index (χ2v) is 10.5. The molecule has 0 saturated carbocycles. The second-order valence-electron chi connectivity index (χ2n) is 7.20. The highest BCUT2D eigenvalue weighted by Gasteiger charge is 2.26. The average molecular weight is 528 g/mol. The SMILES string of the molecule is C=CC(=O)OCCOC(=O)Nc1ccc(P(=S)(Oc2ccc(N)cc2)Oc2ccc(NC)cc2)cc1. The van der Waals surface area contributed by atoms with Gasteiger partial charge in [-0.25, -0.2) is 9.59 Å². The Hall–Kier alpha value is -4.01. The Balaban J connectivity index is 1.73. The summed E-state index contributed by atoms with van der Waals surface area (Å²) >= 11 is 5.92. The van der Waals surface area contributed by atoms with E-state index in [1.165, 1.54) is 0 Å². The molecule has 11 heteroatoms. The molecule has 9 nitrogen and oxygen atoms in total. The van der Waals surface area contributed by atoms with E-state index in [0.29, 0.717) is 28.2 Å². The number of benzene rings is 3. The van der Waals surface area contributed by atoms with Crippen LogP contribution in [0.3, 0.4) is 0 Å². The Morgan fingerprint density at radius 3 is 1.97 bits per heavy atom. The number of nitrogens with one attached hydrogen (secondary N) is 2. The predicted octanol–water partition coefficient (Wildman–Crippen LogP) is 4.68. The first-order chi connectivity index (χ1) is 17.3. The monoisotopic (exact) mass is 527 g/mol. The van der Waals surface area contributed by atoms with Crippen molar-refractivity contribution in [3.8, 4) is 11.5 Å². The number of amides is 1. The van der Waals surface area contributed by atoms with Crippen LogP contribution >= 0.6 is 6.49 Å². The minimum atomic E-state index is -3.07. The van der Waals surface area contributed by atoms with E-state index in [-0.39, 0.29) is 13.2 Å². The van der Waals surface area contributed by atoms with Gasteiger partial charge in [0.05, 0.1) is 5.30 Å². The molecule has 0 aliphatic rings. The van der Waals surface area contributed by atoms with Crippen LogP contribution in [0, 0.1) is 0 Å². The van der Waals surface area contributed by atoms with E-state index >= 15 is 0 Å². The highest BCUT2D eigenvalue weighted by Crippen LogP contribution is 2.48. The lowest BCUT2D eigenvalue weighted by Crippen LogP contribution is -2.18. The zero-order valence-corrected chi connectivity index (χ0v) is 21.2. The van der Waals surface area contributed by atoms with Gasteiger partial charge < -0.3 is 29.6 Å². The molecule has 1 amide bonds. The lowest BCUT2D eigenvalue weighted by Gasteiger charge is -2.24. The van der Waals surface area contributed by atoms with Crippen molar-refractivity contribution in [2.45, 2.75) is 0 Å². The van der Waals surface area contributed by atoms with Crippen LogP contribution in [0.2, 0.25) is 0 Å². The van der Waals surface area contributed by atoms with Crippen LogP contribution in [0.25, 0.3) is 0 Å². The standard InChI is InChI=1S/C25H26N3O6PS/c1-3-24(29)31-16-17-32-25(30)28-20-8-14-23(15-9-20)35(36,33-21-10-4-18(26)5-11-21)34-22-12-6-19(27-2)7-13-22/h3-15,27H,1,16-17,26H2,2H3,(H,28,30). The smallest absolute Gasteiger partial charge is 0.411 e. The Morgan fingerprint density at radius 1 is 0.889 bits per heavy atom. The van der Waals surface area contributed by atoms with Gasteiger partial charge in [-0.2, -0.15) is 0 Å². The summed E-state index contributed by atoms with van der Waals surface area (Å²) in [5.41, 5.74) is 7.78. The van der Waals surface area contributed by atoms with Gasteiger partial charge in [-0.1, -0.05) is 6.58 Å². The first-order valence-corrected chi connectivity index (χ1v) is 13.4. The fraction of sp³-hybridized carbons (Fsp3) is 0.120. The van der Waals surface area contributed by atoms with Crippen molar-refractivity contribution in [3.05, 3.63) is 85.5 Å². The van der Waals surface area contributed by atoms with Gasteiger partial charge in [0.1, 0.15) is 24.7 Å². The largest absolute Gasteiger partial charge is 0.459 e. The number of rotatable bonds is 11. The van der Waals surface area contributed by atoms with Crippen LogP contribution in [0.4, 0.5) is 21.9 Å². The van der Waals surface area contributed by atoms with Crippen molar-refractivity contribution in [2.24, 2.45) is 0 Å². The van der Waals surface area contributed by atoms with Gasteiger partial charge in [-0.15, -0.1) is 0 Å². The molecule has 0 bridgehead atoms. The van der Waals surface area contributed by atoms with Gasteiger partial charge >= 0.3 is 18.6 Å². The number of hydrogen-bond donors (Lipinski definition) is 3. The molecule has 0 heterocycles. The first-order valence-electron chi connectivity index (χ1n) is 10.8. The van der Waals surface area contributed by atoms with E-state index in [1.54, 1.807) is 60.7 Å². The summed E-state index contributed by atoms with van der Waals surface area (Å²) in [5, 5.41) is 6.28. The maximum atomic E-state index is 12.0. The van der Waals surface area contributed by atoms with E-state index in [2.05, 4.69) is 17.2 Å². The number of ether oxygens (including phenoxy) is 2. The van der Waals surface area contributed by atoms with Crippen LogP contribution in [0.5, 0.6) is 11.5 Å². The van der Waals surface area contributed by atoms with E-state index < -0.39 is 18.6 Å². The number of nitrogens with two attached hydrogens (primary N) is 1. The summed E-state index contributed by atoms with van der Waals surface area (Å²) in [4.78, 5) is 23.0. The fourth-order valence-electron chi connectivity index (χ4n) is 2.83. The third kappa shape index (κ3) is 7.76. The molecule has 1 atom stereocenters. The van der Waals surface area contributed by atoms with E-state index in [9.17, 15) is 9.59 Å². The molecule has 3 aromatic rings. The number of hydrogen-bond acceptors (Lipinski definition) is 9. The number of esters is 1. The van der Waals surface area contributed by atoms with Gasteiger partial charge in [0.25, 0.3) is 0 Å². The highest BCUT2D eigenvalue weighted by molar-refractivity contribution is 8.13. The molecule has 0 radical (unpaired) electrons. The van der Waals surface area contributed by atoms with Crippen LogP contribution in [-0.2, 0) is 26.1 Å². The van der Waals surface area contributed by atoms with Crippen molar-refractivity contribution in [3.63, 3.8) is 0 Å². The molecule has 36 heavy (non-hydrogen) atoms. The third-order valence-electron chi connectivity index (χ3n) is 4.63. The molecule has 4 N–H and O–H groups in total. The van der Waals surface area contributed by atoms with Crippen molar-refractivity contribution in [2.75, 3.05) is 36.6 Å². The summed E-state index contributed by atoms with van der Waals surface area (Å²) < 4.78 is 22.2. The summed E-state index contributed by atoms with van der Waals surface area (Å²) in [6.07, 6.45) is 0.331. The normalized spacial score (nSPS) is 11.9. The molecular weight excluding hydrogens is 501 g/mol. The maximum Gasteiger partial charge on any atom is 0.411 e. The summed E-state index contributed by atoms with van der Waals surface area (Å²) in [5.74, 6) is 0.477. The van der Waals surface area contributed by atoms with Gasteiger partial charge in [-0.05, 0) is 84.6 Å². The lowest BCUT2D eigenvalue weighted by molar-refractivity contribution is -0.138. The summed E-state index contributed by atoms with van der Waals surface area (Å²) in [6, 6.07) is 21.0. The Bertz CT molecular complexity index is 1230. The molecule has 0 fully saturated rings. The molecule has 0 aliphatic carbocycles. The van der Waals surface area contributed by atoms with Gasteiger partial charge in [0.2, 0.25) is 0 Å². The molecule has 0 saturated heterocycles. The lowest BCUT2D eigenvalue weighted by atomic mass is 10.3. The van der Waals surface area contributed by atoms with Crippen molar-refractivity contribution < 1.29 is 28.1 Å². The molecule has 188 valence electrons. The number of nitrogen functional groups attached to an aromatic ring is 1. The van der Waals surface area contributed by atoms with Crippen molar-refractivity contribution in [1.82, 2.24) is 0 Å². The number of carbonyl (C=O) groups is 2. The Kier molecular flexibility index (Phi) is 9.32. The topological polar surface area (TPSA) is 121 Å². The first kappa shape index (κ1) is 26.6. The summed E-state index contributed by atoms with van der Waals surface area (Å²) in [7, 11) is 1.83. The van der Waals surface area contributed by atoms with Crippen LogP contribution in [0.15, 0.2) is 85.5 Å². The fourth-order valence-corrected chi connectivity index (χ4v) is 5.27. The molecule has 0 aliphatic heterocycles. The average Bonchev–Trinajstić information content (AvgIpc) is 2.88. The van der Waals surface area contributed by atoms with Crippen LogP contribution in [0.1, 0.15) is 0 Å². The number of anilines is 3. The van der Waals surface area contributed by atoms with Gasteiger partial charge in [-0.3, -0.25) is 5.32 Å². The molecular formula is C25H26N3O6PS. The highest BCUT2D eigenvalue weighted by atomic mass is 32.5. The number of carbonyl (C=O) groups excluding carboxylic acids is 2. The van der Waals surface area contributed by atoms with Crippen LogP contribution in [-0.4, -0.2) is 32.3 Å². The predicted molar refractivity (Wildman–Crippen MR) is 145 cm³/mol. The minimum Gasteiger partial charge on any atom is -0.459 e. The van der Waals surface area contributed by atoms with E-state index in [4.69, 9.17) is 36.1 Å².